The third-order valence-electron chi connectivity index (χ3n) is 7.10. The van der Waals surface area contributed by atoms with Gasteiger partial charge in [0.15, 0.2) is 0 Å². The fourth-order valence-electron chi connectivity index (χ4n) is 5.01. The number of carbonyl (C=O) groups is 3. The number of amides is 3. The van der Waals surface area contributed by atoms with Crippen molar-refractivity contribution in [3.8, 4) is 5.75 Å². The molecule has 1 atom stereocenters. The maximum absolute atomic E-state index is 13.3. The van der Waals surface area contributed by atoms with Crippen LogP contribution in [0.15, 0.2) is 42.5 Å². The molecule has 2 aromatic rings. The van der Waals surface area contributed by atoms with E-state index in [1.165, 1.54) is 5.56 Å². The molecule has 12 heteroatoms. The van der Waals surface area contributed by atoms with Gasteiger partial charge in [0.25, 0.3) is 5.91 Å². The third kappa shape index (κ3) is 4.73. The number of rotatable bonds is 6. The Morgan fingerprint density at radius 2 is 1.59 bits per heavy atom. The van der Waals surface area contributed by atoms with Crippen molar-refractivity contribution < 1.29 is 23.9 Å². The monoisotopic (exact) mass is 489 g/mol. The van der Waals surface area contributed by atoms with Crippen LogP contribution in [0.1, 0.15) is 33.5 Å². The number of carbonyl (C=O) groups excluding carboxylic acids is 3. The Kier molecular flexibility index (Phi) is 6.75. The van der Waals surface area contributed by atoms with Crippen molar-refractivity contribution in [2.24, 2.45) is 0 Å². The third-order valence-corrected chi connectivity index (χ3v) is 7.10. The van der Waals surface area contributed by atoms with Gasteiger partial charge < -0.3 is 19.2 Å². The van der Waals surface area contributed by atoms with Gasteiger partial charge in [-0.25, -0.2) is 0 Å². The smallest absolute Gasteiger partial charge is 0.254 e. The van der Waals surface area contributed by atoms with Crippen LogP contribution < -0.4 is 4.74 Å². The Balaban J connectivity index is 1.29. The van der Waals surface area contributed by atoms with Gasteiger partial charge in [-0.3, -0.25) is 19.3 Å². The highest BCUT2D eigenvalue weighted by Crippen LogP contribution is 2.43. The summed E-state index contributed by atoms with van der Waals surface area (Å²) in [6.07, 6.45) is -0.474. The van der Waals surface area contributed by atoms with Gasteiger partial charge in [-0.2, -0.15) is 0 Å². The van der Waals surface area contributed by atoms with Gasteiger partial charge in [-0.15, -0.1) is 0 Å². The predicted octanol–water partition coefficient (Wildman–Crippen LogP) is 0.214. The standard InChI is InChI=1S/C25H23B4N3O5/c26-24(27)15-25(28,23(35)32(29)22(24)34)31-13-19-18(21(31)33)2-1-3-20(19)37-14-17-6-4-16(5-7-17)12-30-8-10-36-11-9-30/h1-7H,8-15H2. The highest BCUT2D eigenvalue weighted by molar-refractivity contribution is 6.56. The molecule has 0 saturated carbocycles. The second-order valence-corrected chi connectivity index (χ2v) is 9.79. The SMILES string of the molecule is [B]N1C(=O)C([B])([B])CC([B])(N2Cc3c(OCc4ccc(CN5CCOCC5)cc4)cccc3C2=O)C1=O. The molecule has 0 N–H and O–H groups in total. The van der Waals surface area contributed by atoms with Crippen LogP contribution in [0.2, 0.25) is 5.21 Å². The quantitative estimate of drug-likeness (QED) is 0.427. The lowest BCUT2D eigenvalue weighted by Crippen LogP contribution is -2.67. The number of nitrogens with zero attached hydrogens (tertiary/aromatic N) is 3. The number of benzene rings is 2. The van der Waals surface area contributed by atoms with Gasteiger partial charge in [0.2, 0.25) is 19.8 Å². The highest BCUT2D eigenvalue weighted by atomic mass is 16.5. The van der Waals surface area contributed by atoms with E-state index < -0.39 is 34.8 Å². The molecule has 3 aliphatic rings. The summed E-state index contributed by atoms with van der Waals surface area (Å²) in [6.45, 7) is 4.49. The van der Waals surface area contributed by atoms with Crippen molar-refractivity contribution >= 4 is 49.2 Å². The number of imide groups is 1. The molecule has 3 amide bonds. The van der Waals surface area contributed by atoms with Crippen molar-refractivity contribution in [3.05, 3.63) is 64.7 Å². The molecular weight excluding hydrogens is 466 g/mol. The minimum absolute atomic E-state index is 0.0246. The molecular formula is C25H23B4N3O5. The lowest BCUT2D eigenvalue weighted by atomic mass is 9.44. The molecule has 0 spiro atoms. The van der Waals surface area contributed by atoms with Crippen LogP contribution >= 0.6 is 0 Å². The first-order chi connectivity index (χ1) is 17.6. The highest BCUT2D eigenvalue weighted by Gasteiger charge is 2.55. The fourth-order valence-corrected chi connectivity index (χ4v) is 5.01. The first kappa shape index (κ1) is 25.7. The summed E-state index contributed by atoms with van der Waals surface area (Å²) in [5.41, 5.74) is 1.11. The molecule has 3 heterocycles. The van der Waals surface area contributed by atoms with E-state index in [2.05, 4.69) is 17.0 Å². The number of ether oxygens (including phenoxy) is 2. The average Bonchev–Trinajstić information content (AvgIpc) is 3.24. The van der Waals surface area contributed by atoms with Gasteiger partial charge in [0, 0.05) is 30.8 Å². The number of hydrogen-bond donors (Lipinski definition) is 0. The average molecular weight is 489 g/mol. The molecule has 5 rings (SSSR count). The summed E-state index contributed by atoms with van der Waals surface area (Å²) in [5.74, 6) is -1.93. The molecule has 0 aromatic heterocycles. The largest absolute Gasteiger partial charge is 0.489 e. The van der Waals surface area contributed by atoms with Gasteiger partial charge in [-0.1, -0.05) is 30.3 Å². The van der Waals surface area contributed by atoms with E-state index in [1.54, 1.807) is 18.2 Å². The number of morpholine rings is 1. The van der Waals surface area contributed by atoms with E-state index in [0.29, 0.717) is 21.7 Å². The molecule has 8 radical (unpaired) electrons. The Bertz CT molecular complexity index is 1240. The molecule has 2 saturated heterocycles. The second-order valence-electron chi connectivity index (χ2n) is 9.79. The second kappa shape index (κ2) is 9.72. The summed E-state index contributed by atoms with van der Waals surface area (Å²) < 4.78 is 11.5. The molecule has 0 bridgehead atoms. The number of piperidine rings is 1. The summed E-state index contributed by atoms with van der Waals surface area (Å²) in [5, 5.41) is -2.00. The van der Waals surface area contributed by atoms with Gasteiger partial charge in [-0.05, 0) is 34.9 Å². The molecule has 1 unspecified atom stereocenters. The van der Waals surface area contributed by atoms with Crippen LogP contribution in [0.3, 0.4) is 0 Å². The minimum Gasteiger partial charge on any atom is -0.489 e. The Hall–Kier alpha value is -2.97. The van der Waals surface area contributed by atoms with Crippen LogP contribution in [0.25, 0.3) is 0 Å². The van der Waals surface area contributed by atoms with Crippen LogP contribution in [0.4, 0.5) is 0 Å². The lowest BCUT2D eigenvalue weighted by Gasteiger charge is -2.50. The van der Waals surface area contributed by atoms with E-state index >= 15 is 0 Å². The molecule has 3 aliphatic heterocycles. The normalized spacial score (nSPS) is 23.8. The zero-order chi connectivity index (χ0) is 26.4. The van der Waals surface area contributed by atoms with Crippen molar-refractivity contribution in [1.82, 2.24) is 14.6 Å². The van der Waals surface area contributed by atoms with Crippen LogP contribution in [0, 0.1) is 0 Å². The van der Waals surface area contributed by atoms with Crippen molar-refractivity contribution in [2.75, 3.05) is 26.3 Å². The van der Waals surface area contributed by atoms with E-state index in [9.17, 15) is 14.4 Å². The molecule has 2 fully saturated rings. The zero-order valence-corrected chi connectivity index (χ0v) is 20.4. The summed E-state index contributed by atoms with van der Waals surface area (Å²) in [4.78, 5) is 42.2. The summed E-state index contributed by atoms with van der Waals surface area (Å²) in [7, 11) is 23.7. The Morgan fingerprint density at radius 1 is 0.919 bits per heavy atom. The van der Waals surface area contributed by atoms with Crippen molar-refractivity contribution in [3.63, 3.8) is 0 Å². The topological polar surface area (TPSA) is 79.4 Å². The molecule has 0 aliphatic carbocycles. The van der Waals surface area contributed by atoms with Crippen LogP contribution in [0.5, 0.6) is 5.75 Å². The predicted molar refractivity (Wildman–Crippen MR) is 138 cm³/mol. The van der Waals surface area contributed by atoms with E-state index in [1.807, 2.05) is 12.1 Å². The zero-order valence-electron chi connectivity index (χ0n) is 20.4. The lowest BCUT2D eigenvalue weighted by molar-refractivity contribution is -0.148. The molecule has 180 valence electrons. The van der Waals surface area contributed by atoms with Crippen LogP contribution in [-0.2, 0) is 34.0 Å². The molecule has 8 nitrogen and oxygen atoms in total. The Labute approximate surface area is 221 Å². The van der Waals surface area contributed by atoms with Crippen molar-refractivity contribution in [2.45, 2.75) is 36.8 Å². The van der Waals surface area contributed by atoms with Crippen molar-refractivity contribution in [1.29, 1.82) is 0 Å². The summed E-state index contributed by atoms with van der Waals surface area (Å²) in [6, 6.07) is 13.3. The molecule has 37 heavy (non-hydrogen) atoms. The van der Waals surface area contributed by atoms with E-state index in [-0.39, 0.29) is 13.2 Å². The number of hydrogen-bond acceptors (Lipinski definition) is 6. The first-order valence-corrected chi connectivity index (χ1v) is 12.0. The van der Waals surface area contributed by atoms with E-state index in [0.717, 1.165) is 43.3 Å². The summed E-state index contributed by atoms with van der Waals surface area (Å²) >= 11 is 0. The van der Waals surface area contributed by atoms with E-state index in [4.69, 9.17) is 41.0 Å². The van der Waals surface area contributed by atoms with Crippen LogP contribution in [-0.4, -0.2) is 95.6 Å². The minimum atomic E-state index is -2.00. The van der Waals surface area contributed by atoms with Gasteiger partial charge >= 0.3 is 0 Å². The van der Waals surface area contributed by atoms with Gasteiger partial charge in [0.1, 0.15) is 20.2 Å². The Morgan fingerprint density at radius 3 is 2.30 bits per heavy atom. The molecule has 2 aromatic carbocycles. The maximum Gasteiger partial charge on any atom is 0.254 e. The number of fused-ring (bicyclic) bond motifs is 1. The maximum atomic E-state index is 13.3. The fraction of sp³-hybridized carbons (Fsp3) is 0.400. The first-order valence-electron chi connectivity index (χ1n) is 12.0. The van der Waals surface area contributed by atoms with Gasteiger partial charge in [0.05, 0.1) is 40.9 Å².